The first kappa shape index (κ1) is 22.4. The van der Waals surface area contributed by atoms with Crippen molar-refractivity contribution in [2.24, 2.45) is 0 Å². The summed E-state index contributed by atoms with van der Waals surface area (Å²) in [7, 11) is 0. The maximum atomic E-state index is 12.9. The molecule has 0 saturated carbocycles. The van der Waals surface area contributed by atoms with Crippen molar-refractivity contribution in [3.63, 3.8) is 0 Å². The van der Waals surface area contributed by atoms with E-state index in [1.54, 1.807) is 17.0 Å². The Morgan fingerprint density at radius 3 is 2.42 bits per heavy atom. The van der Waals surface area contributed by atoms with Crippen LogP contribution in [0, 0.1) is 24.0 Å². The van der Waals surface area contributed by atoms with Crippen LogP contribution in [0.15, 0.2) is 48.5 Å². The lowest BCUT2D eigenvalue weighted by molar-refractivity contribution is -0.384. The lowest BCUT2D eigenvalue weighted by Gasteiger charge is -2.36. The summed E-state index contributed by atoms with van der Waals surface area (Å²) in [5.74, 6) is 1.44. The highest BCUT2D eigenvalue weighted by molar-refractivity contribution is 5.95. The van der Waals surface area contributed by atoms with Gasteiger partial charge in [-0.15, -0.1) is 0 Å². The van der Waals surface area contributed by atoms with Gasteiger partial charge in [0.1, 0.15) is 5.82 Å². The highest BCUT2D eigenvalue weighted by atomic mass is 16.6. The van der Waals surface area contributed by atoms with E-state index < -0.39 is 4.92 Å². The van der Waals surface area contributed by atoms with Crippen molar-refractivity contribution < 1.29 is 9.72 Å². The molecule has 8 nitrogen and oxygen atoms in total. The maximum Gasteiger partial charge on any atom is 0.270 e. The van der Waals surface area contributed by atoms with E-state index in [0.717, 1.165) is 34.6 Å². The van der Waals surface area contributed by atoms with Gasteiger partial charge in [-0.25, -0.2) is 9.97 Å². The molecule has 0 N–H and O–H groups in total. The summed E-state index contributed by atoms with van der Waals surface area (Å²) in [5, 5.41) is 11.1. The van der Waals surface area contributed by atoms with Gasteiger partial charge in [-0.2, -0.15) is 0 Å². The predicted molar refractivity (Wildman–Crippen MR) is 128 cm³/mol. The first-order valence-electron chi connectivity index (χ1n) is 11.1. The van der Waals surface area contributed by atoms with E-state index >= 15 is 0 Å². The van der Waals surface area contributed by atoms with Crippen molar-refractivity contribution in [3.05, 3.63) is 81.0 Å². The average Bonchev–Trinajstić information content (AvgIpc) is 2.83. The standard InChI is InChI=1S/C25H27N5O3/c1-4-22-18(3)26-23(19-8-5-7-17(2)15-19)27-24(22)28-11-13-29(14-12-28)25(31)20-9-6-10-21(16-20)30(32)33/h5-10,15-16H,4,11-14H2,1-3H3. The van der Waals surface area contributed by atoms with E-state index in [-0.39, 0.29) is 11.6 Å². The Hall–Kier alpha value is -3.81. The Kier molecular flexibility index (Phi) is 6.35. The molecule has 2 aromatic carbocycles. The number of nitrogens with zero attached hydrogens (tertiary/aromatic N) is 5. The van der Waals surface area contributed by atoms with Crippen LogP contribution in [-0.2, 0) is 6.42 Å². The maximum absolute atomic E-state index is 12.9. The Balaban J connectivity index is 1.55. The summed E-state index contributed by atoms with van der Waals surface area (Å²) in [6.07, 6.45) is 0.822. The van der Waals surface area contributed by atoms with E-state index in [1.807, 2.05) is 19.1 Å². The Morgan fingerprint density at radius 2 is 1.76 bits per heavy atom. The van der Waals surface area contributed by atoms with E-state index in [4.69, 9.17) is 9.97 Å². The predicted octanol–water partition coefficient (Wildman–Crippen LogP) is 4.19. The number of rotatable bonds is 5. The van der Waals surface area contributed by atoms with Gasteiger partial charge in [0.15, 0.2) is 5.82 Å². The second-order valence-electron chi connectivity index (χ2n) is 8.24. The molecule has 0 spiro atoms. The average molecular weight is 446 g/mol. The highest BCUT2D eigenvalue weighted by Gasteiger charge is 2.26. The zero-order valence-corrected chi connectivity index (χ0v) is 19.1. The third-order valence-electron chi connectivity index (χ3n) is 5.99. The number of benzene rings is 2. The molecular weight excluding hydrogens is 418 g/mol. The lowest BCUT2D eigenvalue weighted by Crippen LogP contribution is -2.49. The molecule has 0 unspecified atom stereocenters. The first-order chi connectivity index (χ1) is 15.9. The summed E-state index contributed by atoms with van der Waals surface area (Å²) in [5.41, 5.74) is 4.49. The van der Waals surface area contributed by atoms with Crippen molar-refractivity contribution >= 4 is 17.4 Å². The Bertz CT molecular complexity index is 1200. The van der Waals surface area contributed by atoms with Crippen LogP contribution in [0.5, 0.6) is 0 Å². The molecule has 2 heterocycles. The van der Waals surface area contributed by atoms with Gasteiger partial charge in [0.2, 0.25) is 0 Å². The number of carbonyl (C=O) groups excluding carboxylic acids is 1. The number of nitro benzene ring substituents is 1. The second-order valence-corrected chi connectivity index (χ2v) is 8.24. The number of amides is 1. The van der Waals surface area contributed by atoms with Gasteiger partial charge in [-0.1, -0.05) is 36.8 Å². The molecule has 1 amide bonds. The van der Waals surface area contributed by atoms with Gasteiger partial charge in [-0.3, -0.25) is 14.9 Å². The minimum absolute atomic E-state index is 0.0767. The minimum Gasteiger partial charge on any atom is -0.353 e. The molecule has 0 aliphatic carbocycles. The smallest absolute Gasteiger partial charge is 0.270 e. The topological polar surface area (TPSA) is 92.5 Å². The van der Waals surface area contributed by atoms with Crippen LogP contribution < -0.4 is 4.90 Å². The summed E-state index contributed by atoms with van der Waals surface area (Å²) < 4.78 is 0. The van der Waals surface area contributed by atoms with Crippen LogP contribution in [0.25, 0.3) is 11.4 Å². The molecule has 33 heavy (non-hydrogen) atoms. The number of non-ortho nitro benzene ring substituents is 1. The number of hydrogen-bond acceptors (Lipinski definition) is 6. The van der Waals surface area contributed by atoms with Crippen LogP contribution in [-0.4, -0.2) is 51.9 Å². The van der Waals surface area contributed by atoms with Gasteiger partial charge >= 0.3 is 0 Å². The number of carbonyl (C=O) groups is 1. The second kappa shape index (κ2) is 9.36. The summed E-state index contributed by atoms with van der Waals surface area (Å²) in [6, 6.07) is 14.1. The third kappa shape index (κ3) is 4.69. The number of hydrogen-bond donors (Lipinski definition) is 0. The van der Waals surface area contributed by atoms with Crippen molar-refractivity contribution in [1.82, 2.24) is 14.9 Å². The molecule has 1 aromatic heterocycles. The summed E-state index contributed by atoms with van der Waals surface area (Å²) >= 11 is 0. The van der Waals surface area contributed by atoms with E-state index in [0.29, 0.717) is 37.6 Å². The molecule has 0 bridgehead atoms. The molecule has 1 aliphatic heterocycles. The van der Waals surface area contributed by atoms with Crippen LogP contribution in [0.1, 0.15) is 34.1 Å². The van der Waals surface area contributed by atoms with Crippen LogP contribution in [0.2, 0.25) is 0 Å². The number of aromatic nitrogens is 2. The molecule has 1 saturated heterocycles. The third-order valence-corrected chi connectivity index (χ3v) is 5.99. The van der Waals surface area contributed by atoms with Gasteiger partial charge in [0.25, 0.3) is 11.6 Å². The number of anilines is 1. The summed E-state index contributed by atoms with van der Waals surface area (Å²) in [4.78, 5) is 37.1. The molecule has 1 aliphatic rings. The van der Waals surface area contributed by atoms with Crippen molar-refractivity contribution in [2.75, 3.05) is 31.1 Å². The van der Waals surface area contributed by atoms with Gasteiger partial charge in [0.05, 0.1) is 4.92 Å². The highest BCUT2D eigenvalue weighted by Crippen LogP contribution is 2.27. The van der Waals surface area contributed by atoms with Crippen LogP contribution in [0.4, 0.5) is 11.5 Å². The van der Waals surface area contributed by atoms with Crippen molar-refractivity contribution in [1.29, 1.82) is 0 Å². The molecule has 8 heteroatoms. The van der Waals surface area contributed by atoms with Gasteiger partial charge < -0.3 is 9.80 Å². The van der Waals surface area contributed by atoms with Crippen LogP contribution >= 0.6 is 0 Å². The van der Waals surface area contributed by atoms with E-state index in [2.05, 4.69) is 30.9 Å². The molecular formula is C25H27N5O3. The SMILES string of the molecule is CCc1c(C)nc(-c2cccc(C)c2)nc1N1CCN(C(=O)c2cccc([N+](=O)[O-])c2)CC1. The fraction of sp³-hybridized carbons (Fsp3) is 0.320. The monoisotopic (exact) mass is 445 g/mol. The van der Waals surface area contributed by atoms with E-state index in [9.17, 15) is 14.9 Å². The van der Waals surface area contributed by atoms with Gasteiger partial charge in [0, 0.05) is 60.7 Å². The molecule has 1 fully saturated rings. The Labute approximate surface area is 193 Å². The molecule has 170 valence electrons. The zero-order valence-electron chi connectivity index (χ0n) is 19.1. The quantitative estimate of drug-likeness (QED) is 0.432. The van der Waals surface area contributed by atoms with Crippen molar-refractivity contribution in [3.8, 4) is 11.4 Å². The fourth-order valence-corrected chi connectivity index (χ4v) is 4.23. The lowest BCUT2D eigenvalue weighted by atomic mass is 10.1. The first-order valence-corrected chi connectivity index (χ1v) is 11.1. The number of piperazine rings is 1. The summed E-state index contributed by atoms with van der Waals surface area (Å²) in [6.45, 7) is 8.49. The molecule has 0 radical (unpaired) electrons. The molecule has 4 rings (SSSR count). The fourth-order valence-electron chi connectivity index (χ4n) is 4.23. The normalized spacial score (nSPS) is 13.8. The number of nitro groups is 1. The minimum atomic E-state index is -0.482. The Morgan fingerprint density at radius 1 is 1.03 bits per heavy atom. The zero-order chi connectivity index (χ0) is 23.5. The van der Waals surface area contributed by atoms with Crippen molar-refractivity contribution in [2.45, 2.75) is 27.2 Å². The molecule has 0 atom stereocenters. The van der Waals surface area contributed by atoms with Crippen LogP contribution in [0.3, 0.4) is 0 Å². The number of aryl methyl sites for hydroxylation is 2. The van der Waals surface area contributed by atoms with Gasteiger partial charge in [-0.05, 0) is 32.4 Å². The van der Waals surface area contributed by atoms with E-state index in [1.165, 1.54) is 12.1 Å². The molecule has 3 aromatic rings. The largest absolute Gasteiger partial charge is 0.353 e.